The van der Waals surface area contributed by atoms with E-state index in [4.69, 9.17) is 4.74 Å². The zero-order valence-electron chi connectivity index (χ0n) is 10.2. The van der Waals surface area contributed by atoms with Gasteiger partial charge in [-0.05, 0) is 18.2 Å². The Morgan fingerprint density at radius 3 is 2.84 bits per heavy atom. The van der Waals surface area contributed by atoms with Gasteiger partial charge in [-0.15, -0.1) is 0 Å². The molecule has 0 aliphatic carbocycles. The van der Waals surface area contributed by atoms with E-state index in [0.717, 1.165) is 0 Å². The molecule has 0 aromatic heterocycles. The summed E-state index contributed by atoms with van der Waals surface area (Å²) in [6.07, 6.45) is 0. The Bertz CT molecular complexity index is 418. The summed E-state index contributed by atoms with van der Waals surface area (Å²) in [6, 6.07) is 5.63. The highest BCUT2D eigenvalue weighted by Crippen LogP contribution is 2.15. The Kier molecular flexibility index (Phi) is 6.72. The van der Waals surface area contributed by atoms with Gasteiger partial charge in [0.05, 0.1) is 11.4 Å². The van der Waals surface area contributed by atoms with E-state index in [1.165, 1.54) is 24.3 Å². The highest BCUT2D eigenvalue weighted by atomic mass is 79.9. The molecule has 1 amide bonds. The van der Waals surface area contributed by atoms with Crippen molar-refractivity contribution in [1.29, 1.82) is 0 Å². The normalized spacial score (nSPS) is 12.3. The molecule has 0 spiro atoms. The first-order chi connectivity index (χ1) is 9.02. The minimum Gasteiger partial charge on any atom is -0.435 e. The molecular formula is C12H14BrF2NO3. The molecule has 4 nitrogen and oxygen atoms in total. The molecule has 0 heterocycles. The first kappa shape index (κ1) is 15.8. The second-order valence-corrected chi connectivity index (χ2v) is 4.96. The highest BCUT2D eigenvalue weighted by molar-refractivity contribution is 9.09. The average Bonchev–Trinajstić information content (AvgIpc) is 2.36. The maximum atomic E-state index is 12.0. The molecule has 19 heavy (non-hydrogen) atoms. The van der Waals surface area contributed by atoms with Crippen LogP contribution in [-0.2, 0) is 4.74 Å². The number of nitrogens with one attached hydrogen (secondary N) is 1. The van der Waals surface area contributed by atoms with Crippen LogP contribution in [0.25, 0.3) is 0 Å². The van der Waals surface area contributed by atoms with Crippen molar-refractivity contribution >= 4 is 21.8 Å². The fourth-order valence-electron chi connectivity index (χ4n) is 1.36. The van der Waals surface area contributed by atoms with Crippen molar-refractivity contribution in [3.8, 4) is 5.75 Å². The van der Waals surface area contributed by atoms with Crippen LogP contribution in [0, 0.1) is 0 Å². The van der Waals surface area contributed by atoms with Gasteiger partial charge >= 0.3 is 6.61 Å². The minimum absolute atomic E-state index is 0.0121. The Morgan fingerprint density at radius 2 is 2.21 bits per heavy atom. The molecule has 1 aromatic rings. The number of amides is 1. The van der Waals surface area contributed by atoms with Gasteiger partial charge in [-0.25, -0.2) is 0 Å². The second kappa shape index (κ2) is 8.06. The van der Waals surface area contributed by atoms with E-state index >= 15 is 0 Å². The van der Waals surface area contributed by atoms with Crippen LogP contribution in [0.5, 0.6) is 5.75 Å². The summed E-state index contributed by atoms with van der Waals surface area (Å²) < 4.78 is 33.2. The van der Waals surface area contributed by atoms with Crippen LogP contribution < -0.4 is 10.1 Å². The fraction of sp³-hybridized carbons (Fsp3) is 0.417. The number of benzene rings is 1. The van der Waals surface area contributed by atoms with E-state index in [0.29, 0.717) is 13.2 Å². The molecule has 0 bridgehead atoms. The average molecular weight is 338 g/mol. The van der Waals surface area contributed by atoms with Crippen molar-refractivity contribution in [2.24, 2.45) is 0 Å². The summed E-state index contributed by atoms with van der Waals surface area (Å²) in [5.74, 6) is -0.407. The predicted molar refractivity (Wildman–Crippen MR) is 70.0 cm³/mol. The summed E-state index contributed by atoms with van der Waals surface area (Å²) in [4.78, 5) is 11.8. The number of carbonyl (C=O) groups is 1. The van der Waals surface area contributed by atoms with E-state index in [1.54, 1.807) is 7.11 Å². The number of carbonyl (C=O) groups excluding carboxylic acids is 1. The lowest BCUT2D eigenvalue weighted by molar-refractivity contribution is -0.0498. The molecule has 0 aliphatic rings. The van der Waals surface area contributed by atoms with Gasteiger partial charge in [0.25, 0.3) is 5.91 Å². The summed E-state index contributed by atoms with van der Waals surface area (Å²) >= 11 is 3.32. The molecule has 1 unspecified atom stereocenters. The molecule has 0 fully saturated rings. The number of hydrogen-bond donors (Lipinski definition) is 1. The summed E-state index contributed by atoms with van der Waals surface area (Å²) in [5, 5.41) is 2.66. The SMILES string of the molecule is COCC(Br)CNC(=O)c1cccc(OC(F)F)c1. The topological polar surface area (TPSA) is 47.6 Å². The summed E-state index contributed by atoms with van der Waals surface area (Å²) in [5.41, 5.74) is 0.260. The van der Waals surface area contributed by atoms with E-state index < -0.39 is 6.61 Å². The standard InChI is InChI=1S/C12H14BrF2NO3/c1-18-7-9(13)6-16-11(17)8-3-2-4-10(5-8)19-12(14)15/h2-5,9,12H,6-7H2,1H3,(H,16,17). The van der Waals surface area contributed by atoms with Crippen LogP contribution in [0.1, 0.15) is 10.4 Å². The molecule has 0 saturated heterocycles. The first-order valence-electron chi connectivity index (χ1n) is 5.49. The fourth-order valence-corrected chi connectivity index (χ4v) is 1.78. The largest absolute Gasteiger partial charge is 0.435 e. The van der Waals surface area contributed by atoms with Gasteiger partial charge < -0.3 is 14.8 Å². The monoisotopic (exact) mass is 337 g/mol. The van der Waals surface area contributed by atoms with Crippen LogP contribution in [0.15, 0.2) is 24.3 Å². The number of ether oxygens (including phenoxy) is 2. The molecule has 106 valence electrons. The van der Waals surface area contributed by atoms with Crippen molar-refractivity contribution in [2.45, 2.75) is 11.4 Å². The number of halogens is 3. The maximum absolute atomic E-state index is 12.0. The summed E-state index contributed by atoms with van der Waals surface area (Å²) in [6.45, 7) is -2.09. The third-order valence-corrected chi connectivity index (χ3v) is 2.74. The van der Waals surface area contributed by atoms with Gasteiger partial charge in [-0.3, -0.25) is 4.79 Å². The smallest absolute Gasteiger partial charge is 0.387 e. The van der Waals surface area contributed by atoms with Crippen molar-refractivity contribution < 1.29 is 23.0 Å². The number of methoxy groups -OCH3 is 1. The van der Waals surface area contributed by atoms with Crippen molar-refractivity contribution in [2.75, 3.05) is 20.3 Å². The highest BCUT2D eigenvalue weighted by Gasteiger charge is 2.11. The van der Waals surface area contributed by atoms with E-state index in [2.05, 4.69) is 26.0 Å². The van der Waals surface area contributed by atoms with E-state index in [1.807, 2.05) is 0 Å². The molecular weight excluding hydrogens is 324 g/mol. The van der Waals surface area contributed by atoms with Crippen LogP contribution in [-0.4, -0.2) is 37.6 Å². The zero-order valence-corrected chi connectivity index (χ0v) is 11.8. The molecule has 1 atom stereocenters. The van der Waals surface area contributed by atoms with Crippen molar-refractivity contribution in [1.82, 2.24) is 5.32 Å². The minimum atomic E-state index is -2.91. The number of alkyl halides is 3. The quantitative estimate of drug-likeness (QED) is 0.777. The Hall–Kier alpha value is -1.21. The van der Waals surface area contributed by atoms with E-state index in [9.17, 15) is 13.6 Å². The Labute approximate surface area is 118 Å². The number of rotatable bonds is 7. The van der Waals surface area contributed by atoms with Gasteiger partial charge in [0, 0.05) is 19.2 Å². The van der Waals surface area contributed by atoms with Crippen LogP contribution >= 0.6 is 15.9 Å². The third-order valence-electron chi connectivity index (χ3n) is 2.15. The van der Waals surface area contributed by atoms with Crippen LogP contribution in [0.2, 0.25) is 0 Å². The zero-order chi connectivity index (χ0) is 14.3. The van der Waals surface area contributed by atoms with Crippen molar-refractivity contribution in [3.05, 3.63) is 29.8 Å². The first-order valence-corrected chi connectivity index (χ1v) is 6.40. The van der Waals surface area contributed by atoms with Crippen LogP contribution in [0.4, 0.5) is 8.78 Å². The lowest BCUT2D eigenvalue weighted by atomic mass is 10.2. The molecule has 1 rings (SSSR count). The van der Waals surface area contributed by atoms with E-state index in [-0.39, 0.29) is 22.0 Å². The molecule has 0 aliphatic heterocycles. The Balaban J connectivity index is 2.56. The Morgan fingerprint density at radius 1 is 1.47 bits per heavy atom. The van der Waals surface area contributed by atoms with Gasteiger partial charge in [0.1, 0.15) is 5.75 Å². The second-order valence-electron chi connectivity index (χ2n) is 3.67. The maximum Gasteiger partial charge on any atom is 0.387 e. The lowest BCUT2D eigenvalue weighted by Crippen LogP contribution is -2.31. The molecule has 0 saturated carbocycles. The predicted octanol–water partition coefficient (Wildman–Crippen LogP) is 2.43. The lowest BCUT2D eigenvalue weighted by Gasteiger charge is -2.11. The van der Waals surface area contributed by atoms with Crippen molar-refractivity contribution in [3.63, 3.8) is 0 Å². The molecule has 7 heteroatoms. The molecule has 0 radical (unpaired) electrons. The van der Waals surface area contributed by atoms with Gasteiger partial charge in [0.15, 0.2) is 0 Å². The van der Waals surface area contributed by atoms with Crippen LogP contribution in [0.3, 0.4) is 0 Å². The molecule has 1 N–H and O–H groups in total. The third kappa shape index (κ3) is 5.98. The van der Waals surface area contributed by atoms with Gasteiger partial charge in [-0.1, -0.05) is 22.0 Å². The number of hydrogen-bond acceptors (Lipinski definition) is 3. The van der Waals surface area contributed by atoms with Gasteiger partial charge in [-0.2, -0.15) is 8.78 Å². The van der Waals surface area contributed by atoms with Gasteiger partial charge in [0.2, 0.25) is 0 Å². The molecule has 1 aromatic carbocycles. The summed E-state index contributed by atoms with van der Waals surface area (Å²) in [7, 11) is 1.56.